The number of likely N-dealkylation sites (N-methyl/N-ethyl adjacent to an activating group) is 1. The zero-order valence-corrected chi connectivity index (χ0v) is 19.2. The standard InChI is InChI=1S/C20H27N7O5S/c1-21-20(29)17-14(10-16(25-26-17)24-19(28)12-5-6-12)23-18-15(33(4,30)31)9-13(11-22-18)32-8-7-27(2)3/h9-12H,5-8H2,1-4H3,(H,21,29)(H2,22,23,24,25,28)/i1D3. The molecular formula is C20H27N7O5S. The minimum Gasteiger partial charge on any atom is -0.491 e. The Balaban J connectivity index is 1.97. The Labute approximate surface area is 196 Å². The topological polar surface area (TPSA) is 156 Å². The second-order valence-corrected chi connectivity index (χ2v) is 9.76. The molecule has 0 saturated heterocycles. The van der Waals surface area contributed by atoms with Crippen LogP contribution < -0.4 is 20.7 Å². The van der Waals surface area contributed by atoms with Crippen LogP contribution in [0.3, 0.4) is 0 Å². The Morgan fingerprint density at radius 3 is 2.67 bits per heavy atom. The number of sulfone groups is 1. The van der Waals surface area contributed by atoms with Crippen molar-refractivity contribution in [1.29, 1.82) is 0 Å². The molecule has 2 aromatic heterocycles. The van der Waals surface area contributed by atoms with E-state index < -0.39 is 28.4 Å². The number of hydrogen-bond donors (Lipinski definition) is 3. The SMILES string of the molecule is [2H]C([2H])([2H])NC(=O)c1nnc(NC(=O)C2CC2)cc1Nc1ncc(OCCN(C)C)cc1S(C)(=O)=O. The average molecular weight is 481 g/mol. The highest BCUT2D eigenvalue weighted by Gasteiger charge is 2.30. The number of carbonyl (C=O) groups excluding carboxylic acids is 2. The van der Waals surface area contributed by atoms with Crippen LogP contribution in [0.5, 0.6) is 5.75 Å². The molecule has 0 radical (unpaired) electrons. The molecule has 1 aliphatic rings. The first kappa shape index (κ1) is 20.3. The van der Waals surface area contributed by atoms with E-state index in [-0.39, 0.29) is 39.8 Å². The second-order valence-electron chi connectivity index (χ2n) is 7.78. The van der Waals surface area contributed by atoms with E-state index in [9.17, 15) is 18.0 Å². The molecule has 3 rings (SSSR count). The van der Waals surface area contributed by atoms with Gasteiger partial charge < -0.3 is 25.6 Å². The molecule has 0 aliphatic heterocycles. The number of nitrogens with one attached hydrogen (secondary N) is 3. The van der Waals surface area contributed by atoms with Gasteiger partial charge in [-0.15, -0.1) is 10.2 Å². The molecule has 0 atom stereocenters. The molecule has 1 aliphatic carbocycles. The van der Waals surface area contributed by atoms with Crippen molar-refractivity contribution < 1.29 is 26.9 Å². The van der Waals surface area contributed by atoms with Gasteiger partial charge in [-0.25, -0.2) is 13.4 Å². The molecule has 2 amide bonds. The molecule has 13 heteroatoms. The lowest BCUT2D eigenvalue weighted by Gasteiger charge is -2.15. The van der Waals surface area contributed by atoms with Crippen LogP contribution in [-0.4, -0.2) is 80.8 Å². The molecule has 33 heavy (non-hydrogen) atoms. The van der Waals surface area contributed by atoms with E-state index in [4.69, 9.17) is 8.85 Å². The third-order valence-electron chi connectivity index (χ3n) is 4.61. The maximum absolute atomic E-state index is 12.6. The van der Waals surface area contributed by atoms with Gasteiger partial charge in [0.15, 0.2) is 21.3 Å². The van der Waals surface area contributed by atoms with Gasteiger partial charge in [0.2, 0.25) is 5.91 Å². The monoisotopic (exact) mass is 480 g/mol. The number of hydrogen-bond acceptors (Lipinski definition) is 10. The number of anilines is 3. The Morgan fingerprint density at radius 1 is 1.27 bits per heavy atom. The molecule has 2 heterocycles. The van der Waals surface area contributed by atoms with Crippen molar-refractivity contribution in [3.63, 3.8) is 0 Å². The first-order valence-corrected chi connectivity index (χ1v) is 11.9. The molecule has 1 saturated carbocycles. The molecule has 0 spiro atoms. The van der Waals surface area contributed by atoms with E-state index in [1.165, 1.54) is 18.3 Å². The van der Waals surface area contributed by atoms with Crippen LogP contribution in [-0.2, 0) is 14.6 Å². The van der Waals surface area contributed by atoms with Crippen molar-refractivity contribution in [3.8, 4) is 5.75 Å². The van der Waals surface area contributed by atoms with Crippen LogP contribution in [0, 0.1) is 5.92 Å². The summed E-state index contributed by atoms with van der Waals surface area (Å²) >= 11 is 0. The zero-order valence-electron chi connectivity index (χ0n) is 21.4. The molecule has 0 unspecified atom stereocenters. The molecule has 0 aromatic carbocycles. The van der Waals surface area contributed by atoms with Crippen LogP contribution in [0.25, 0.3) is 0 Å². The first-order valence-electron chi connectivity index (χ1n) is 11.5. The van der Waals surface area contributed by atoms with Crippen molar-refractivity contribution in [3.05, 3.63) is 24.0 Å². The summed E-state index contributed by atoms with van der Waals surface area (Å²) in [5.74, 6) is -1.45. The van der Waals surface area contributed by atoms with Crippen molar-refractivity contribution >= 4 is 39.0 Å². The van der Waals surface area contributed by atoms with Crippen LogP contribution in [0.2, 0.25) is 0 Å². The summed E-state index contributed by atoms with van der Waals surface area (Å²) < 4.78 is 52.4. The fourth-order valence-corrected chi connectivity index (χ4v) is 3.49. The highest BCUT2D eigenvalue weighted by Crippen LogP contribution is 2.31. The Morgan fingerprint density at radius 2 is 2.03 bits per heavy atom. The minimum atomic E-state index is -3.82. The lowest BCUT2D eigenvalue weighted by atomic mass is 10.2. The van der Waals surface area contributed by atoms with E-state index in [0.717, 1.165) is 19.1 Å². The maximum atomic E-state index is 12.6. The summed E-state index contributed by atoms with van der Waals surface area (Å²) in [4.78, 5) is 30.5. The van der Waals surface area contributed by atoms with Crippen molar-refractivity contribution in [2.45, 2.75) is 17.7 Å². The van der Waals surface area contributed by atoms with Gasteiger partial charge in [-0.1, -0.05) is 0 Å². The highest BCUT2D eigenvalue weighted by atomic mass is 32.2. The van der Waals surface area contributed by atoms with Crippen molar-refractivity contribution in [2.24, 2.45) is 5.92 Å². The smallest absolute Gasteiger partial charge is 0.273 e. The minimum absolute atomic E-state index is 0.00983. The lowest BCUT2D eigenvalue weighted by molar-refractivity contribution is -0.117. The molecule has 178 valence electrons. The van der Waals surface area contributed by atoms with E-state index in [2.05, 4.69) is 25.8 Å². The third kappa shape index (κ3) is 6.58. The third-order valence-corrected chi connectivity index (χ3v) is 5.72. The Kier molecular flexibility index (Phi) is 6.20. The van der Waals surface area contributed by atoms with Crippen molar-refractivity contribution in [1.82, 2.24) is 25.4 Å². The van der Waals surface area contributed by atoms with Gasteiger partial charge in [0.05, 0.1) is 11.9 Å². The van der Waals surface area contributed by atoms with E-state index in [1.54, 1.807) is 5.32 Å². The summed E-state index contributed by atoms with van der Waals surface area (Å²) in [6, 6.07) is 2.53. The fourth-order valence-electron chi connectivity index (χ4n) is 2.70. The number of pyridine rings is 1. The molecule has 0 bridgehead atoms. The molecule has 3 N–H and O–H groups in total. The van der Waals surface area contributed by atoms with Crippen LogP contribution in [0.1, 0.15) is 27.4 Å². The van der Waals surface area contributed by atoms with Crippen molar-refractivity contribution in [2.75, 3.05) is 51.1 Å². The fraction of sp³-hybridized carbons (Fsp3) is 0.450. The Hall–Kier alpha value is -3.32. The Bertz CT molecular complexity index is 1250. The van der Waals surface area contributed by atoms with Gasteiger partial charge in [0.25, 0.3) is 5.91 Å². The summed E-state index contributed by atoms with van der Waals surface area (Å²) in [7, 11) is -0.0998. The van der Waals surface area contributed by atoms with Crippen LogP contribution in [0.15, 0.2) is 23.2 Å². The van der Waals surface area contributed by atoms with Gasteiger partial charge in [-0.2, -0.15) is 0 Å². The number of carbonyl (C=O) groups is 2. The number of nitrogens with zero attached hydrogens (tertiary/aromatic N) is 4. The second kappa shape index (κ2) is 10.1. The highest BCUT2D eigenvalue weighted by molar-refractivity contribution is 7.90. The normalized spacial score (nSPS) is 15.2. The van der Waals surface area contributed by atoms with E-state index in [0.29, 0.717) is 13.2 Å². The van der Waals surface area contributed by atoms with Gasteiger partial charge in [-0.3, -0.25) is 9.59 Å². The summed E-state index contributed by atoms with van der Waals surface area (Å²) in [5, 5.41) is 14.6. The molecular weight excluding hydrogens is 450 g/mol. The summed E-state index contributed by atoms with van der Waals surface area (Å²) in [5.41, 5.74) is -0.556. The van der Waals surface area contributed by atoms with E-state index in [1.807, 2.05) is 19.0 Å². The number of rotatable bonds is 10. The van der Waals surface area contributed by atoms with E-state index >= 15 is 0 Å². The summed E-state index contributed by atoms with van der Waals surface area (Å²) in [6.07, 6.45) is 3.77. The van der Waals surface area contributed by atoms with Gasteiger partial charge in [0, 0.05) is 41.9 Å². The largest absolute Gasteiger partial charge is 0.491 e. The first-order chi connectivity index (χ1) is 16.7. The predicted molar refractivity (Wildman–Crippen MR) is 121 cm³/mol. The average Bonchev–Trinajstić information content (AvgIpc) is 3.58. The molecule has 1 fully saturated rings. The number of amides is 2. The van der Waals surface area contributed by atoms with Gasteiger partial charge in [-0.05, 0) is 26.9 Å². The zero-order chi connectivity index (χ0) is 26.7. The lowest BCUT2D eigenvalue weighted by Crippen LogP contribution is -2.23. The number of aromatic nitrogens is 3. The molecule has 2 aromatic rings. The van der Waals surface area contributed by atoms with Gasteiger partial charge in [0.1, 0.15) is 23.1 Å². The van der Waals surface area contributed by atoms with Crippen LogP contribution in [0.4, 0.5) is 17.3 Å². The predicted octanol–water partition coefficient (Wildman–Crippen LogP) is 0.667. The quantitative estimate of drug-likeness (QED) is 0.442. The number of ether oxygens (including phenoxy) is 1. The summed E-state index contributed by atoms with van der Waals surface area (Å²) in [6.45, 7) is -1.92. The molecule has 12 nitrogen and oxygen atoms in total. The van der Waals surface area contributed by atoms with Gasteiger partial charge >= 0.3 is 0 Å². The maximum Gasteiger partial charge on any atom is 0.273 e. The van der Waals surface area contributed by atoms with Crippen LogP contribution >= 0.6 is 0 Å².